The van der Waals surface area contributed by atoms with E-state index in [2.05, 4.69) is 10.3 Å². The second kappa shape index (κ2) is 5.81. The van der Waals surface area contributed by atoms with Crippen molar-refractivity contribution in [2.75, 3.05) is 11.9 Å². The Bertz CT molecular complexity index is 630. The number of aliphatic hydroxyl groups excluding tert-OH is 1. The van der Waals surface area contributed by atoms with Crippen molar-refractivity contribution >= 4 is 22.1 Å². The molecule has 0 aliphatic heterocycles. The van der Waals surface area contributed by atoms with Crippen molar-refractivity contribution in [1.82, 2.24) is 4.98 Å². The van der Waals surface area contributed by atoms with Crippen molar-refractivity contribution in [3.8, 4) is 0 Å². The fraction of sp³-hybridized carbons (Fsp3) is 0.308. The molecule has 0 bridgehead atoms. The summed E-state index contributed by atoms with van der Waals surface area (Å²) in [6.07, 6.45) is 2.41. The Morgan fingerprint density at radius 2 is 2.20 bits per heavy atom. The van der Waals surface area contributed by atoms with Gasteiger partial charge in [-0.1, -0.05) is 0 Å². The molecular weight excluding hydrogens is 260 g/mol. The summed E-state index contributed by atoms with van der Waals surface area (Å²) in [6.45, 7) is 1.98. The van der Waals surface area contributed by atoms with Gasteiger partial charge >= 0.3 is 0 Å². The molecule has 7 heteroatoms. The molecule has 0 radical (unpaired) electrons. The Kier molecular flexibility index (Phi) is 4.11. The summed E-state index contributed by atoms with van der Waals surface area (Å²) in [5.41, 5.74) is 6.49. The van der Waals surface area contributed by atoms with E-state index in [4.69, 9.17) is 5.73 Å². The molecule has 0 saturated carbocycles. The van der Waals surface area contributed by atoms with Gasteiger partial charge in [-0.3, -0.25) is 15.1 Å². The average Bonchev–Trinajstić information content (AvgIpc) is 2.43. The predicted octanol–water partition coefficient (Wildman–Crippen LogP) is 1.26. The van der Waals surface area contributed by atoms with Crippen molar-refractivity contribution < 1.29 is 10.0 Å². The number of aliphatic hydroxyl groups is 1. The first-order valence-corrected chi connectivity index (χ1v) is 6.19. The van der Waals surface area contributed by atoms with Gasteiger partial charge in [-0.2, -0.15) is 0 Å². The van der Waals surface area contributed by atoms with Crippen LogP contribution in [0.5, 0.6) is 0 Å². The Balaban J connectivity index is 2.36. The zero-order valence-electron chi connectivity index (χ0n) is 11.0. The third kappa shape index (κ3) is 2.84. The molecule has 0 aliphatic rings. The lowest BCUT2D eigenvalue weighted by molar-refractivity contribution is -0.383. The summed E-state index contributed by atoms with van der Waals surface area (Å²) >= 11 is 0. The third-order valence-electron chi connectivity index (χ3n) is 3.14. The lowest BCUT2D eigenvalue weighted by Crippen LogP contribution is -2.38. The van der Waals surface area contributed by atoms with Crippen LogP contribution in [-0.4, -0.2) is 33.7 Å². The minimum absolute atomic E-state index is 0.0125. The number of rotatable bonds is 5. The quantitative estimate of drug-likeness (QED) is 0.559. The zero-order chi connectivity index (χ0) is 14.7. The highest BCUT2D eigenvalue weighted by Crippen LogP contribution is 2.30. The third-order valence-corrected chi connectivity index (χ3v) is 3.14. The van der Waals surface area contributed by atoms with Crippen LogP contribution in [0.3, 0.4) is 0 Å². The molecule has 1 heterocycles. The Hall–Kier alpha value is -2.25. The highest BCUT2D eigenvalue weighted by Gasteiger charge is 2.15. The van der Waals surface area contributed by atoms with Crippen molar-refractivity contribution in [3.05, 3.63) is 40.7 Å². The topological polar surface area (TPSA) is 114 Å². The number of fused-ring (bicyclic) bond motifs is 1. The van der Waals surface area contributed by atoms with E-state index in [0.717, 1.165) is 5.69 Å². The number of benzene rings is 1. The minimum atomic E-state index is -0.631. The van der Waals surface area contributed by atoms with Crippen LogP contribution in [0.15, 0.2) is 30.6 Å². The second-order valence-electron chi connectivity index (χ2n) is 4.60. The molecule has 0 spiro atoms. The molecule has 0 fully saturated rings. The summed E-state index contributed by atoms with van der Waals surface area (Å²) < 4.78 is 0. The van der Waals surface area contributed by atoms with E-state index in [1.165, 1.54) is 12.3 Å². The largest absolute Gasteiger partial charge is 0.392 e. The van der Waals surface area contributed by atoms with Gasteiger partial charge in [0.05, 0.1) is 16.4 Å². The number of hydrogen-bond acceptors (Lipinski definition) is 6. The van der Waals surface area contributed by atoms with E-state index in [1.54, 1.807) is 25.3 Å². The van der Waals surface area contributed by atoms with Gasteiger partial charge in [0.1, 0.15) is 0 Å². The molecule has 0 saturated heterocycles. The SMILES string of the molecule is CC(O)C(N)CNc1ccc([N+](=O)[O-])c2cnccc12. The molecule has 0 amide bonds. The number of hydrogen-bond donors (Lipinski definition) is 3. The number of nitro groups is 1. The molecule has 7 nitrogen and oxygen atoms in total. The van der Waals surface area contributed by atoms with E-state index >= 15 is 0 Å². The van der Waals surface area contributed by atoms with Crippen molar-refractivity contribution in [3.63, 3.8) is 0 Å². The molecular formula is C13H16N4O3. The maximum absolute atomic E-state index is 11.0. The molecule has 2 aromatic rings. The Morgan fingerprint density at radius 3 is 2.85 bits per heavy atom. The number of nitrogens with zero attached hydrogens (tertiary/aromatic N) is 2. The predicted molar refractivity (Wildman–Crippen MR) is 76.5 cm³/mol. The van der Waals surface area contributed by atoms with E-state index in [0.29, 0.717) is 17.3 Å². The highest BCUT2D eigenvalue weighted by molar-refractivity contribution is 5.99. The maximum atomic E-state index is 11.0. The standard InChI is InChI=1S/C13H16N4O3/c1-8(18)11(14)7-16-12-2-3-13(17(19)20)10-6-15-5-4-9(10)12/h2-6,8,11,16,18H,7,14H2,1H3. The van der Waals surface area contributed by atoms with Gasteiger partial charge in [0, 0.05) is 42.1 Å². The number of nitrogens with two attached hydrogens (primary N) is 1. The monoisotopic (exact) mass is 276 g/mol. The summed E-state index contributed by atoms with van der Waals surface area (Å²) in [7, 11) is 0. The first-order chi connectivity index (χ1) is 9.50. The zero-order valence-corrected chi connectivity index (χ0v) is 11.0. The summed E-state index contributed by atoms with van der Waals surface area (Å²) in [5, 5.41) is 24.6. The highest BCUT2D eigenvalue weighted by atomic mass is 16.6. The van der Waals surface area contributed by atoms with Crippen LogP contribution in [0.25, 0.3) is 10.8 Å². The van der Waals surface area contributed by atoms with Crippen LogP contribution in [-0.2, 0) is 0 Å². The van der Waals surface area contributed by atoms with Crippen molar-refractivity contribution in [2.24, 2.45) is 5.73 Å². The van der Waals surface area contributed by atoms with Gasteiger partial charge in [-0.05, 0) is 19.1 Å². The molecule has 2 atom stereocenters. The Labute approximate surface area is 115 Å². The van der Waals surface area contributed by atoms with Gasteiger partial charge < -0.3 is 16.2 Å². The average molecular weight is 276 g/mol. The maximum Gasteiger partial charge on any atom is 0.278 e. The fourth-order valence-corrected chi connectivity index (χ4v) is 1.89. The van der Waals surface area contributed by atoms with Gasteiger partial charge in [0.15, 0.2) is 0 Å². The van der Waals surface area contributed by atoms with Crippen LogP contribution in [0.1, 0.15) is 6.92 Å². The van der Waals surface area contributed by atoms with Gasteiger partial charge in [0.25, 0.3) is 5.69 Å². The first kappa shape index (κ1) is 14.2. The molecule has 20 heavy (non-hydrogen) atoms. The first-order valence-electron chi connectivity index (χ1n) is 6.19. The Morgan fingerprint density at radius 1 is 1.45 bits per heavy atom. The molecule has 4 N–H and O–H groups in total. The van der Waals surface area contributed by atoms with E-state index in [1.807, 2.05) is 0 Å². The van der Waals surface area contributed by atoms with E-state index in [-0.39, 0.29) is 5.69 Å². The molecule has 1 aromatic carbocycles. The number of aromatic nitrogens is 1. The van der Waals surface area contributed by atoms with E-state index < -0.39 is 17.1 Å². The number of anilines is 1. The van der Waals surface area contributed by atoms with Gasteiger partial charge in [-0.15, -0.1) is 0 Å². The lowest BCUT2D eigenvalue weighted by atomic mass is 10.1. The van der Waals surface area contributed by atoms with Gasteiger partial charge in [0.2, 0.25) is 0 Å². The number of nitro benzene ring substituents is 1. The van der Waals surface area contributed by atoms with Gasteiger partial charge in [-0.25, -0.2) is 0 Å². The van der Waals surface area contributed by atoms with Crippen LogP contribution in [0, 0.1) is 10.1 Å². The molecule has 2 rings (SSSR count). The normalized spacial score (nSPS) is 13.9. The molecule has 1 aromatic heterocycles. The minimum Gasteiger partial charge on any atom is -0.392 e. The smallest absolute Gasteiger partial charge is 0.278 e. The number of nitrogens with one attached hydrogen (secondary N) is 1. The summed E-state index contributed by atoms with van der Waals surface area (Å²) in [6, 6.07) is 4.36. The summed E-state index contributed by atoms with van der Waals surface area (Å²) in [5.74, 6) is 0. The van der Waals surface area contributed by atoms with Crippen LogP contribution in [0.4, 0.5) is 11.4 Å². The van der Waals surface area contributed by atoms with Crippen LogP contribution < -0.4 is 11.1 Å². The van der Waals surface area contributed by atoms with Crippen molar-refractivity contribution in [2.45, 2.75) is 19.1 Å². The lowest BCUT2D eigenvalue weighted by Gasteiger charge is -2.17. The fourth-order valence-electron chi connectivity index (χ4n) is 1.89. The van der Waals surface area contributed by atoms with E-state index in [9.17, 15) is 15.2 Å². The summed E-state index contributed by atoms with van der Waals surface area (Å²) in [4.78, 5) is 14.5. The number of pyridine rings is 1. The number of non-ortho nitro benzene ring substituents is 1. The van der Waals surface area contributed by atoms with Crippen LogP contribution in [0.2, 0.25) is 0 Å². The molecule has 2 unspecified atom stereocenters. The van der Waals surface area contributed by atoms with Crippen LogP contribution >= 0.6 is 0 Å². The second-order valence-corrected chi connectivity index (χ2v) is 4.60. The molecule has 106 valence electrons. The molecule has 0 aliphatic carbocycles. The van der Waals surface area contributed by atoms with Crippen molar-refractivity contribution in [1.29, 1.82) is 0 Å².